The van der Waals surface area contributed by atoms with Crippen molar-refractivity contribution in [2.75, 3.05) is 31.1 Å². The summed E-state index contributed by atoms with van der Waals surface area (Å²) in [7, 11) is 0. The lowest BCUT2D eigenvalue weighted by Crippen LogP contribution is -2.48. The average Bonchev–Trinajstić information content (AvgIpc) is 3.21. The van der Waals surface area contributed by atoms with Crippen LogP contribution in [0, 0.1) is 5.82 Å². The Morgan fingerprint density at radius 3 is 2.59 bits per heavy atom. The Kier molecular flexibility index (Phi) is 6.04. The van der Waals surface area contributed by atoms with Crippen LogP contribution in [0.4, 0.5) is 10.1 Å². The monoisotopic (exact) mass is 426 g/mol. The maximum Gasteiger partial charge on any atom is 0.246 e. The normalized spacial score (nSPS) is 14.7. The van der Waals surface area contributed by atoms with Gasteiger partial charge in [-0.1, -0.05) is 11.6 Å². The number of piperazine rings is 1. The summed E-state index contributed by atoms with van der Waals surface area (Å²) in [5.74, 6) is -0.295. The van der Waals surface area contributed by atoms with Gasteiger partial charge < -0.3 is 9.80 Å². The molecule has 1 saturated heterocycles. The summed E-state index contributed by atoms with van der Waals surface area (Å²) in [5.41, 5.74) is 1.68. The molecule has 1 aromatic carbocycles. The number of halogens is 3. The highest BCUT2D eigenvalue weighted by atomic mass is 35.5. The molecule has 0 bridgehead atoms. The van der Waals surface area contributed by atoms with Crippen molar-refractivity contribution in [1.82, 2.24) is 14.3 Å². The Hall–Kier alpha value is -2.09. The molecule has 2 aromatic heterocycles. The number of hydrogen-bond donors (Lipinski definition) is 0. The lowest BCUT2D eigenvalue weighted by molar-refractivity contribution is -0.126. The molecule has 142 valence electrons. The van der Waals surface area contributed by atoms with Gasteiger partial charge in [-0.2, -0.15) is 0 Å². The van der Waals surface area contributed by atoms with E-state index in [2.05, 4.69) is 9.88 Å². The van der Waals surface area contributed by atoms with E-state index in [0.29, 0.717) is 37.0 Å². The number of imidazole rings is 1. The number of benzene rings is 1. The molecule has 1 aliphatic rings. The molecule has 1 fully saturated rings. The van der Waals surface area contributed by atoms with Gasteiger partial charge in [0.1, 0.15) is 5.82 Å². The van der Waals surface area contributed by atoms with Crippen molar-refractivity contribution >= 4 is 58.0 Å². The third kappa shape index (κ3) is 4.10. The van der Waals surface area contributed by atoms with E-state index in [1.807, 2.05) is 16.0 Å². The second-order valence-electron chi connectivity index (χ2n) is 5.97. The molecule has 0 atom stereocenters. The van der Waals surface area contributed by atoms with Gasteiger partial charge in [0, 0.05) is 49.5 Å². The molecule has 9 heteroatoms. The van der Waals surface area contributed by atoms with Gasteiger partial charge >= 0.3 is 0 Å². The second kappa shape index (κ2) is 8.29. The predicted octanol–water partition coefficient (Wildman–Crippen LogP) is 3.97. The molecule has 0 aliphatic carbocycles. The first-order chi connectivity index (χ1) is 12.6. The lowest BCUT2D eigenvalue weighted by atomic mass is 10.2. The van der Waals surface area contributed by atoms with Crippen LogP contribution >= 0.6 is 35.3 Å². The highest BCUT2D eigenvalue weighted by Gasteiger charge is 2.20. The van der Waals surface area contributed by atoms with Crippen LogP contribution in [0.3, 0.4) is 0 Å². The summed E-state index contributed by atoms with van der Waals surface area (Å²) >= 11 is 7.63. The van der Waals surface area contributed by atoms with Crippen molar-refractivity contribution in [3.8, 4) is 0 Å². The fourth-order valence-electron chi connectivity index (χ4n) is 3.02. The fraction of sp³-hybridized carbons (Fsp3) is 0.222. The van der Waals surface area contributed by atoms with E-state index >= 15 is 0 Å². The van der Waals surface area contributed by atoms with Crippen LogP contribution in [0.5, 0.6) is 0 Å². The zero-order valence-corrected chi connectivity index (χ0v) is 16.6. The molecule has 4 rings (SSSR count). The Balaban J connectivity index is 0.00000210. The number of hydrogen-bond acceptors (Lipinski definition) is 4. The molecule has 3 aromatic rings. The van der Waals surface area contributed by atoms with Gasteiger partial charge in [-0.15, -0.1) is 23.7 Å². The molecule has 0 N–H and O–H groups in total. The lowest BCUT2D eigenvalue weighted by Gasteiger charge is -2.35. The minimum absolute atomic E-state index is 0. The SMILES string of the molecule is Cl.O=C(C=Cc1c(Cl)nc2sccn12)N1CCN(c2ccc(F)cc2)CC1. The molecule has 5 nitrogen and oxygen atoms in total. The molecule has 27 heavy (non-hydrogen) atoms. The minimum atomic E-state index is -0.244. The van der Waals surface area contributed by atoms with Crippen LogP contribution in [-0.2, 0) is 4.79 Å². The molecule has 0 radical (unpaired) electrons. The van der Waals surface area contributed by atoms with E-state index in [0.717, 1.165) is 10.6 Å². The van der Waals surface area contributed by atoms with E-state index in [4.69, 9.17) is 11.6 Å². The summed E-state index contributed by atoms with van der Waals surface area (Å²) < 4.78 is 14.9. The summed E-state index contributed by atoms with van der Waals surface area (Å²) in [6, 6.07) is 6.44. The van der Waals surface area contributed by atoms with Crippen LogP contribution in [0.15, 0.2) is 41.9 Å². The number of fused-ring (bicyclic) bond motifs is 1. The summed E-state index contributed by atoms with van der Waals surface area (Å²) in [5, 5.41) is 2.31. The number of thiazole rings is 1. The molecule has 1 aliphatic heterocycles. The average molecular weight is 427 g/mol. The van der Waals surface area contributed by atoms with E-state index in [1.54, 1.807) is 29.2 Å². The van der Waals surface area contributed by atoms with Gasteiger partial charge in [0.2, 0.25) is 5.91 Å². The van der Waals surface area contributed by atoms with E-state index < -0.39 is 0 Å². The number of nitrogens with zero attached hydrogens (tertiary/aromatic N) is 4. The van der Waals surface area contributed by atoms with Gasteiger partial charge in [0.25, 0.3) is 0 Å². The fourth-order valence-corrected chi connectivity index (χ4v) is 4.02. The molecule has 1 amide bonds. The molecular weight excluding hydrogens is 410 g/mol. The van der Waals surface area contributed by atoms with E-state index in [1.165, 1.54) is 23.5 Å². The van der Waals surface area contributed by atoms with Crippen LogP contribution < -0.4 is 4.90 Å². The van der Waals surface area contributed by atoms with Crippen molar-refractivity contribution in [2.24, 2.45) is 0 Å². The van der Waals surface area contributed by atoms with Crippen molar-refractivity contribution in [3.05, 3.63) is 58.6 Å². The Morgan fingerprint density at radius 1 is 1.19 bits per heavy atom. The predicted molar refractivity (Wildman–Crippen MR) is 110 cm³/mol. The Morgan fingerprint density at radius 2 is 1.89 bits per heavy atom. The Bertz CT molecular complexity index is 962. The van der Waals surface area contributed by atoms with Crippen molar-refractivity contribution in [2.45, 2.75) is 0 Å². The van der Waals surface area contributed by atoms with E-state index in [-0.39, 0.29) is 24.1 Å². The summed E-state index contributed by atoms with van der Waals surface area (Å²) in [4.78, 5) is 21.5. The zero-order valence-electron chi connectivity index (χ0n) is 14.2. The molecular formula is C18H17Cl2FN4OS. The maximum absolute atomic E-state index is 13.0. The third-order valence-electron chi connectivity index (χ3n) is 4.42. The number of carbonyl (C=O) groups excluding carboxylic acids is 1. The van der Waals surface area contributed by atoms with Crippen LogP contribution in [0.1, 0.15) is 5.69 Å². The topological polar surface area (TPSA) is 40.9 Å². The molecule has 0 spiro atoms. The quantitative estimate of drug-likeness (QED) is 0.594. The summed E-state index contributed by atoms with van der Waals surface area (Å²) in [6.07, 6.45) is 5.13. The number of rotatable bonds is 3. The van der Waals surface area contributed by atoms with Gasteiger partial charge in [0.05, 0.1) is 5.69 Å². The molecule has 0 saturated carbocycles. The van der Waals surface area contributed by atoms with E-state index in [9.17, 15) is 9.18 Å². The second-order valence-corrected chi connectivity index (χ2v) is 7.20. The van der Waals surface area contributed by atoms with Crippen LogP contribution in [0.25, 0.3) is 11.0 Å². The van der Waals surface area contributed by atoms with Gasteiger partial charge in [-0.25, -0.2) is 9.37 Å². The largest absolute Gasteiger partial charge is 0.368 e. The van der Waals surface area contributed by atoms with Gasteiger partial charge in [-0.3, -0.25) is 9.20 Å². The number of anilines is 1. The number of carbonyl (C=O) groups is 1. The summed E-state index contributed by atoms with van der Waals surface area (Å²) in [6.45, 7) is 2.67. The first kappa shape index (κ1) is 19.7. The highest BCUT2D eigenvalue weighted by Crippen LogP contribution is 2.22. The van der Waals surface area contributed by atoms with Crippen molar-refractivity contribution in [1.29, 1.82) is 0 Å². The smallest absolute Gasteiger partial charge is 0.246 e. The molecule has 3 heterocycles. The minimum Gasteiger partial charge on any atom is -0.368 e. The first-order valence-corrected chi connectivity index (χ1v) is 9.46. The third-order valence-corrected chi connectivity index (χ3v) is 5.46. The van der Waals surface area contributed by atoms with Gasteiger partial charge in [-0.05, 0) is 30.3 Å². The molecule has 0 unspecified atom stereocenters. The number of aromatic nitrogens is 2. The standard InChI is InChI=1S/C18H16ClFN4OS.ClH/c19-17-15(24-11-12-26-18(24)21-17)5-6-16(25)23-9-7-22(8-10-23)14-3-1-13(20)2-4-14;/h1-6,11-12H,7-10H2;1H. The van der Waals surface area contributed by atoms with Crippen molar-refractivity contribution in [3.63, 3.8) is 0 Å². The van der Waals surface area contributed by atoms with Crippen molar-refractivity contribution < 1.29 is 9.18 Å². The maximum atomic E-state index is 13.0. The zero-order chi connectivity index (χ0) is 18.1. The highest BCUT2D eigenvalue weighted by molar-refractivity contribution is 7.15. The van der Waals surface area contributed by atoms with Crippen LogP contribution in [-0.4, -0.2) is 46.4 Å². The first-order valence-electron chi connectivity index (χ1n) is 8.20. The van der Waals surface area contributed by atoms with Crippen LogP contribution in [0.2, 0.25) is 5.15 Å². The Labute approximate surface area is 171 Å². The number of amides is 1. The van der Waals surface area contributed by atoms with Gasteiger partial charge in [0.15, 0.2) is 10.1 Å².